The van der Waals surface area contributed by atoms with E-state index in [0.717, 1.165) is 27.2 Å². The molecule has 0 atom stereocenters. The van der Waals surface area contributed by atoms with E-state index in [4.69, 9.17) is 9.47 Å². The fourth-order valence-electron chi connectivity index (χ4n) is 3.98. The van der Waals surface area contributed by atoms with Gasteiger partial charge < -0.3 is 9.47 Å². The van der Waals surface area contributed by atoms with Crippen molar-refractivity contribution in [2.75, 3.05) is 12.0 Å². The van der Waals surface area contributed by atoms with Crippen LogP contribution in [0, 0.1) is 13.8 Å². The molecule has 1 saturated heterocycles. The Morgan fingerprint density at radius 1 is 0.946 bits per heavy atom. The number of allylic oxidation sites excluding steroid dienone is 1. The van der Waals surface area contributed by atoms with Gasteiger partial charge >= 0.3 is 6.03 Å². The van der Waals surface area contributed by atoms with Crippen molar-refractivity contribution in [3.05, 3.63) is 107 Å². The molecule has 3 aromatic carbocycles. The van der Waals surface area contributed by atoms with Crippen molar-refractivity contribution in [3.63, 3.8) is 0 Å². The van der Waals surface area contributed by atoms with Crippen molar-refractivity contribution < 1.29 is 23.9 Å². The third kappa shape index (κ3) is 5.62. The van der Waals surface area contributed by atoms with Crippen LogP contribution >= 0.6 is 0 Å². The maximum atomic E-state index is 13.3. The average molecular weight is 497 g/mol. The quantitative estimate of drug-likeness (QED) is 0.260. The van der Waals surface area contributed by atoms with Gasteiger partial charge in [-0.2, -0.15) is 0 Å². The van der Waals surface area contributed by atoms with E-state index >= 15 is 0 Å². The molecule has 0 bridgehead atoms. The van der Waals surface area contributed by atoms with Crippen LogP contribution in [0.3, 0.4) is 0 Å². The molecule has 3 aromatic rings. The second-order valence-electron chi connectivity index (χ2n) is 8.77. The molecule has 4 amide bonds. The summed E-state index contributed by atoms with van der Waals surface area (Å²) < 4.78 is 11.7. The van der Waals surface area contributed by atoms with E-state index in [9.17, 15) is 14.4 Å². The average Bonchev–Trinajstić information content (AvgIpc) is 2.88. The van der Waals surface area contributed by atoms with Gasteiger partial charge in [-0.05, 0) is 61.7 Å². The second-order valence-corrected chi connectivity index (χ2v) is 8.77. The van der Waals surface area contributed by atoms with Gasteiger partial charge in [0, 0.05) is 5.56 Å². The number of carbonyl (C=O) groups excluding carboxylic acids is 3. The lowest BCUT2D eigenvalue weighted by Gasteiger charge is -2.26. The van der Waals surface area contributed by atoms with E-state index in [1.807, 2.05) is 44.2 Å². The molecule has 7 heteroatoms. The number of rotatable bonds is 8. The number of amides is 4. The molecule has 0 spiro atoms. The molecule has 1 heterocycles. The summed E-state index contributed by atoms with van der Waals surface area (Å²) in [5.41, 5.74) is 4.68. The smallest absolute Gasteiger partial charge is 0.335 e. The first kappa shape index (κ1) is 25.4. The maximum Gasteiger partial charge on any atom is 0.335 e. The Balaban J connectivity index is 1.69. The SMILES string of the molecule is C=CCc1cc(/C=C2\C(=O)NC(=O)N(c3ccc(C)cc3)C2=O)cc(OC)c1OCc1ccc(C)cc1. The van der Waals surface area contributed by atoms with Crippen molar-refractivity contribution >= 4 is 29.6 Å². The molecule has 0 saturated carbocycles. The molecule has 188 valence electrons. The molecule has 0 unspecified atom stereocenters. The van der Waals surface area contributed by atoms with Crippen LogP contribution in [0.15, 0.2) is 78.9 Å². The van der Waals surface area contributed by atoms with Crippen molar-refractivity contribution in [1.82, 2.24) is 5.32 Å². The van der Waals surface area contributed by atoms with Gasteiger partial charge in [-0.15, -0.1) is 6.58 Å². The van der Waals surface area contributed by atoms with Crippen LogP contribution in [-0.2, 0) is 22.6 Å². The molecule has 1 fully saturated rings. The van der Waals surface area contributed by atoms with Gasteiger partial charge in [-0.25, -0.2) is 9.69 Å². The standard InChI is InChI=1S/C30H28N2O5/c1-5-6-23-15-22(17-26(36-4)27(23)37-18-21-11-7-19(2)8-12-21)16-25-28(33)31-30(35)32(29(25)34)24-13-9-20(3)10-14-24/h5,7-17H,1,6,18H2,2-4H3,(H,31,33,35)/b25-16+. The molecule has 0 aromatic heterocycles. The van der Waals surface area contributed by atoms with Gasteiger partial charge in [0.15, 0.2) is 11.5 Å². The summed E-state index contributed by atoms with van der Waals surface area (Å²) in [6.45, 7) is 8.10. The first-order valence-electron chi connectivity index (χ1n) is 11.8. The number of methoxy groups -OCH3 is 1. The summed E-state index contributed by atoms with van der Waals surface area (Å²) in [5, 5.41) is 2.25. The summed E-state index contributed by atoms with van der Waals surface area (Å²) in [7, 11) is 1.53. The zero-order valence-electron chi connectivity index (χ0n) is 21.0. The molecule has 4 rings (SSSR count). The number of nitrogens with zero attached hydrogens (tertiary/aromatic N) is 1. The number of hydrogen-bond donors (Lipinski definition) is 1. The Morgan fingerprint density at radius 2 is 1.59 bits per heavy atom. The topological polar surface area (TPSA) is 84.9 Å². The molecule has 0 radical (unpaired) electrons. The Bertz CT molecular complexity index is 1390. The lowest BCUT2D eigenvalue weighted by molar-refractivity contribution is -0.122. The minimum atomic E-state index is -0.791. The third-order valence-electron chi connectivity index (χ3n) is 5.95. The highest BCUT2D eigenvalue weighted by Crippen LogP contribution is 2.35. The maximum absolute atomic E-state index is 13.3. The van der Waals surface area contributed by atoms with Gasteiger partial charge in [0.25, 0.3) is 11.8 Å². The van der Waals surface area contributed by atoms with E-state index in [0.29, 0.717) is 35.8 Å². The van der Waals surface area contributed by atoms with Gasteiger partial charge in [0.1, 0.15) is 12.2 Å². The molecular formula is C30H28N2O5. The van der Waals surface area contributed by atoms with Crippen LogP contribution in [0.4, 0.5) is 10.5 Å². The Labute approximate surface area is 216 Å². The van der Waals surface area contributed by atoms with Crippen molar-refractivity contribution in [1.29, 1.82) is 0 Å². The highest BCUT2D eigenvalue weighted by atomic mass is 16.5. The van der Waals surface area contributed by atoms with Gasteiger partial charge in [-0.3, -0.25) is 14.9 Å². The van der Waals surface area contributed by atoms with Crippen LogP contribution in [0.2, 0.25) is 0 Å². The molecule has 7 nitrogen and oxygen atoms in total. The summed E-state index contributed by atoms with van der Waals surface area (Å²) in [4.78, 5) is 39.3. The number of barbiturate groups is 1. The first-order chi connectivity index (χ1) is 17.8. The summed E-state index contributed by atoms with van der Waals surface area (Å²) >= 11 is 0. The summed E-state index contributed by atoms with van der Waals surface area (Å²) in [6, 6.07) is 17.7. The highest BCUT2D eigenvalue weighted by molar-refractivity contribution is 6.39. The van der Waals surface area contributed by atoms with Crippen molar-refractivity contribution in [2.24, 2.45) is 0 Å². The number of hydrogen-bond acceptors (Lipinski definition) is 5. The van der Waals surface area contributed by atoms with Gasteiger partial charge in [0.05, 0.1) is 12.8 Å². The number of ether oxygens (including phenoxy) is 2. The predicted molar refractivity (Wildman–Crippen MR) is 143 cm³/mol. The number of carbonyl (C=O) groups is 3. The van der Waals surface area contributed by atoms with Crippen LogP contribution in [0.25, 0.3) is 6.08 Å². The van der Waals surface area contributed by atoms with Crippen LogP contribution in [0.5, 0.6) is 11.5 Å². The van der Waals surface area contributed by atoms with Crippen LogP contribution in [0.1, 0.15) is 27.8 Å². The van der Waals surface area contributed by atoms with E-state index in [1.165, 1.54) is 13.2 Å². The minimum Gasteiger partial charge on any atom is -0.493 e. The number of benzene rings is 3. The molecule has 1 N–H and O–H groups in total. The number of nitrogens with one attached hydrogen (secondary N) is 1. The molecule has 1 aliphatic rings. The number of anilines is 1. The zero-order chi connectivity index (χ0) is 26.5. The Hall–Kier alpha value is -4.65. The normalized spacial score (nSPS) is 14.5. The largest absolute Gasteiger partial charge is 0.493 e. The Kier molecular flexibility index (Phi) is 7.53. The zero-order valence-corrected chi connectivity index (χ0v) is 21.0. The van der Waals surface area contributed by atoms with E-state index in [-0.39, 0.29) is 5.57 Å². The van der Waals surface area contributed by atoms with Gasteiger partial charge in [0.2, 0.25) is 0 Å². The summed E-state index contributed by atoms with van der Waals surface area (Å²) in [6.07, 6.45) is 3.66. The van der Waals surface area contributed by atoms with Crippen LogP contribution in [-0.4, -0.2) is 25.0 Å². The highest BCUT2D eigenvalue weighted by Gasteiger charge is 2.36. The molecule has 37 heavy (non-hydrogen) atoms. The molecule has 1 aliphatic heterocycles. The molecular weight excluding hydrogens is 468 g/mol. The first-order valence-corrected chi connectivity index (χ1v) is 11.8. The second kappa shape index (κ2) is 11.0. The number of urea groups is 1. The third-order valence-corrected chi connectivity index (χ3v) is 5.95. The van der Waals surface area contributed by atoms with Crippen molar-refractivity contribution in [2.45, 2.75) is 26.9 Å². The fourth-order valence-corrected chi connectivity index (χ4v) is 3.98. The number of aryl methyl sites for hydroxylation is 2. The monoisotopic (exact) mass is 496 g/mol. The Morgan fingerprint density at radius 3 is 2.22 bits per heavy atom. The van der Waals surface area contributed by atoms with E-state index < -0.39 is 17.8 Å². The van der Waals surface area contributed by atoms with Crippen molar-refractivity contribution in [3.8, 4) is 11.5 Å². The van der Waals surface area contributed by atoms with Crippen LogP contribution < -0.4 is 19.7 Å². The molecule has 0 aliphatic carbocycles. The predicted octanol–water partition coefficient (Wildman–Crippen LogP) is 5.29. The number of imide groups is 2. The van der Waals surface area contributed by atoms with Gasteiger partial charge in [-0.1, -0.05) is 53.6 Å². The van der Waals surface area contributed by atoms with E-state index in [2.05, 4.69) is 11.9 Å². The lowest BCUT2D eigenvalue weighted by Crippen LogP contribution is -2.54. The lowest BCUT2D eigenvalue weighted by atomic mass is 10.0. The fraction of sp³-hybridized carbons (Fsp3) is 0.167. The minimum absolute atomic E-state index is 0.167. The summed E-state index contributed by atoms with van der Waals surface area (Å²) in [5.74, 6) is -0.460. The van der Waals surface area contributed by atoms with E-state index in [1.54, 1.807) is 36.4 Å².